The highest BCUT2D eigenvalue weighted by Crippen LogP contribution is 2.26. The molecule has 0 unspecified atom stereocenters. The number of ketones is 1. The van der Waals surface area contributed by atoms with Crippen LogP contribution in [0.4, 0.5) is 8.78 Å². The van der Waals surface area contributed by atoms with Crippen LogP contribution < -0.4 is 0 Å². The Hall–Kier alpha value is -0.480. The van der Waals surface area contributed by atoms with Crippen molar-refractivity contribution in [3.63, 3.8) is 0 Å². The Morgan fingerprint density at radius 1 is 1.47 bits per heavy atom. The molecule has 0 radical (unpaired) electrons. The van der Waals surface area contributed by atoms with Crippen LogP contribution >= 0.6 is 27.5 Å². The van der Waals surface area contributed by atoms with Crippen molar-refractivity contribution < 1.29 is 13.6 Å². The average Bonchev–Trinajstić information content (AvgIpc) is 2.20. The molecule has 82 valence electrons. The summed E-state index contributed by atoms with van der Waals surface area (Å²) in [4.78, 5) is 11.1. The summed E-state index contributed by atoms with van der Waals surface area (Å²) in [6.45, 7) is 0. The van der Waals surface area contributed by atoms with Crippen molar-refractivity contribution in [1.29, 1.82) is 0 Å². The van der Waals surface area contributed by atoms with E-state index in [1.54, 1.807) is 6.07 Å². The number of hydrogen-bond donors (Lipinski definition) is 0. The first-order valence-electron chi connectivity index (χ1n) is 4.18. The minimum Gasteiger partial charge on any atom is -0.298 e. The van der Waals surface area contributed by atoms with Gasteiger partial charge in [-0.3, -0.25) is 4.79 Å². The minimum absolute atomic E-state index is 0.0452. The number of hydrogen-bond acceptors (Lipinski definition) is 1. The molecule has 15 heavy (non-hydrogen) atoms. The Balaban J connectivity index is 3.00. The van der Waals surface area contributed by atoms with Crippen molar-refractivity contribution in [2.24, 2.45) is 0 Å². The van der Waals surface area contributed by atoms with Gasteiger partial charge in [-0.2, -0.15) is 0 Å². The molecule has 0 aliphatic rings. The van der Waals surface area contributed by atoms with E-state index in [1.807, 2.05) is 0 Å². The van der Waals surface area contributed by atoms with Gasteiger partial charge in [-0.25, -0.2) is 8.78 Å². The Morgan fingerprint density at radius 3 is 2.67 bits per heavy atom. The molecule has 0 saturated carbocycles. The second-order valence-corrected chi connectivity index (χ2v) is 4.18. The van der Waals surface area contributed by atoms with Gasteiger partial charge in [-0.1, -0.05) is 22.0 Å². The number of halogens is 4. The van der Waals surface area contributed by atoms with Crippen LogP contribution in [0, 0.1) is 0 Å². The molecule has 0 spiro atoms. The molecular formula is C10H8BrClF2O. The zero-order valence-electron chi connectivity index (χ0n) is 7.64. The average molecular weight is 298 g/mol. The lowest BCUT2D eigenvalue weighted by Gasteiger charge is -2.07. The molecule has 1 rings (SSSR count). The Morgan fingerprint density at radius 2 is 2.13 bits per heavy atom. The van der Waals surface area contributed by atoms with Crippen LogP contribution in [0.25, 0.3) is 0 Å². The number of carbonyl (C=O) groups excluding carboxylic acids is 1. The second-order valence-electron chi connectivity index (χ2n) is 2.99. The van der Waals surface area contributed by atoms with Gasteiger partial charge in [0.05, 0.1) is 5.88 Å². The fraction of sp³-hybridized carbons (Fsp3) is 0.300. The maximum absolute atomic E-state index is 12.6. The van der Waals surface area contributed by atoms with Gasteiger partial charge in [0, 0.05) is 16.5 Å². The summed E-state index contributed by atoms with van der Waals surface area (Å²) >= 11 is 8.42. The Labute approximate surface area is 99.6 Å². The summed E-state index contributed by atoms with van der Waals surface area (Å²) in [6, 6.07) is 4.46. The highest BCUT2D eigenvalue weighted by Gasteiger charge is 2.15. The molecule has 0 bridgehead atoms. The van der Waals surface area contributed by atoms with E-state index >= 15 is 0 Å². The van der Waals surface area contributed by atoms with E-state index in [0.29, 0.717) is 10.0 Å². The van der Waals surface area contributed by atoms with Gasteiger partial charge in [0.1, 0.15) is 0 Å². The van der Waals surface area contributed by atoms with Gasteiger partial charge in [0.25, 0.3) is 6.43 Å². The fourth-order valence-electron chi connectivity index (χ4n) is 1.19. The predicted molar refractivity (Wildman–Crippen MR) is 58.5 cm³/mol. The normalized spacial score (nSPS) is 10.7. The van der Waals surface area contributed by atoms with Gasteiger partial charge < -0.3 is 0 Å². The highest BCUT2D eigenvalue weighted by molar-refractivity contribution is 9.10. The van der Waals surface area contributed by atoms with Crippen molar-refractivity contribution in [3.8, 4) is 0 Å². The standard InChI is InChI=1S/C10H8BrClF2O/c11-7-2-1-6(3-8(15)5-12)9(4-7)10(13)14/h1-2,4,10H,3,5H2. The van der Waals surface area contributed by atoms with Crippen LogP contribution in [0.15, 0.2) is 22.7 Å². The summed E-state index contributed by atoms with van der Waals surface area (Å²) in [7, 11) is 0. The largest absolute Gasteiger partial charge is 0.298 e. The fourth-order valence-corrected chi connectivity index (χ4v) is 1.66. The molecule has 0 aliphatic heterocycles. The smallest absolute Gasteiger partial charge is 0.264 e. The molecule has 0 amide bonds. The summed E-state index contributed by atoms with van der Waals surface area (Å²) in [6.07, 6.45) is -2.63. The summed E-state index contributed by atoms with van der Waals surface area (Å²) in [5, 5.41) is 0. The van der Waals surface area contributed by atoms with Crippen molar-refractivity contribution in [1.82, 2.24) is 0 Å². The molecule has 1 aromatic carbocycles. The van der Waals surface area contributed by atoms with E-state index in [1.165, 1.54) is 12.1 Å². The SMILES string of the molecule is O=C(CCl)Cc1ccc(Br)cc1C(F)F. The monoisotopic (exact) mass is 296 g/mol. The van der Waals surface area contributed by atoms with Crippen molar-refractivity contribution in [3.05, 3.63) is 33.8 Å². The van der Waals surface area contributed by atoms with Gasteiger partial charge >= 0.3 is 0 Å². The molecule has 0 heterocycles. The number of benzene rings is 1. The number of Topliss-reactive ketones (excluding diaryl/α,β-unsaturated/α-hetero) is 1. The van der Waals surface area contributed by atoms with E-state index in [9.17, 15) is 13.6 Å². The third-order valence-corrected chi connectivity index (χ3v) is 2.67. The molecule has 1 aromatic rings. The zero-order chi connectivity index (χ0) is 11.4. The van der Waals surface area contributed by atoms with Gasteiger partial charge in [-0.05, 0) is 17.7 Å². The lowest BCUT2D eigenvalue weighted by atomic mass is 10.0. The van der Waals surface area contributed by atoms with Crippen LogP contribution in [0.1, 0.15) is 17.6 Å². The molecule has 0 N–H and O–H groups in total. The van der Waals surface area contributed by atoms with Crippen LogP contribution in [0.5, 0.6) is 0 Å². The Bertz CT molecular complexity index is 368. The quantitative estimate of drug-likeness (QED) is 0.774. The maximum atomic E-state index is 12.6. The first-order chi connectivity index (χ1) is 7.04. The van der Waals surface area contributed by atoms with E-state index < -0.39 is 6.43 Å². The summed E-state index contributed by atoms with van der Waals surface area (Å²) < 4.78 is 25.8. The molecule has 0 aliphatic carbocycles. The van der Waals surface area contributed by atoms with Gasteiger partial charge in [0.2, 0.25) is 0 Å². The Kier molecular flexibility index (Phi) is 4.67. The number of carbonyl (C=O) groups is 1. The first kappa shape index (κ1) is 12.6. The van der Waals surface area contributed by atoms with E-state index in [0.717, 1.165) is 0 Å². The van der Waals surface area contributed by atoms with Crippen LogP contribution in [-0.4, -0.2) is 11.7 Å². The van der Waals surface area contributed by atoms with Gasteiger partial charge in [-0.15, -0.1) is 11.6 Å². The van der Waals surface area contributed by atoms with E-state index in [4.69, 9.17) is 11.6 Å². The molecule has 0 atom stereocenters. The van der Waals surface area contributed by atoms with E-state index in [-0.39, 0.29) is 23.6 Å². The summed E-state index contributed by atoms with van der Waals surface area (Å²) in [5.74, 6) is -0.417. The molecule has 0 saturated heterocycles. The van der Waals surface area contributed by atoms with Crippen molar-refractivity contribution in [2.45, 2.75) is 12.8 Å². The number of alkyl halides is 3. The third-order valence-electron chi connectivity index (χ3n) is 1.88. The molecule has 1 nitrogen and oxygen atoms in total. The van der Waals surface area contributed by atoms with Crippen molar-refractivity contribution >= 4 is 33.3 Å². The van der Waals surface area contributed by atoms with Crippen molar-refractivity contribution in [2.75, 3.05) is 5.88 Å². The molecular weight excluding hydrogens is 289 g/mol. The van der Waals surface area contributed by atoms with Crippen LogP contribution in [0.2, 0.25) is 0 Å². The minimum atomic E-state index is -2.58. The topological polar surface area (TPSA) is 17.1 Å². The number of rotatable bonds is 4. The lowest BCUT2D eigenvalue weighted by Crippen LogP contribution is -2.06. The van der Waals surface area contributed by atoms with E-state index in [2.05, 4.69) is 15.9 Å². The van der Waals surface area contributed by atoms with Crippen LogP contribution in [-0.2, 0) is 11.2 Å². The third kappa shape index (κ3) is 3.54. The zero-order valence-corrected chi connectivity index (χ0v) is 9.99. The molecule has 5 heteroatoms. The maximum Gasteiger partial charge on any atom is 0.264 e. The van der Waals surface area contributed by atoms with Crippen LogP contribution in [0.3, 0.4) is 0 Å². The highest BCUT2D eigenvalue weighted by atomic mass is 79.9. The molecule has 0 fully saturated rings. The first-order valence-corrected chi connectivity index (χ1v) is 5.51. The summed E-state index contributed by atoms with van der Waals surface area (Å²) in [5.41, 5.74) is 0.210. The lowest BCUT2D eigenvalue weighted by molar-refractivity contribution is -0.116. The molecule has 0 aromatic heterocycles. The second kappa shape index (κ2) is 5.56. The van der Waals surface area contributed by atoms with Gasteiger partial charge in [0.15, 0.2) is 5.78 Å². The predicted octanol–water partition coefficient (Wildman–Crippen LogP) is 3.74.